The van der Waals surface area contributed by atoms with Gasteiger partial charge in [-0.25, -0.2) is 4.79 Å². The van der Waals surface area contributed by atoms with Crippen molar-refractivity contribution >= 4 is 37.1 Å². The molecule has 270 valence electrons. The summed E-state index contributed by atoms with van der Waals surface area (Å²) in [5, 5.41) is 10.6. The lowest BCUT2D eigenvalue weighted by Gasteiger charge is -2.27. The van der Waals surface area contributed by atoms with E-state index in [4.69, 9.17) is 4.74 Å². The van der Waals surface area contributed by atoms with Crippen LogP contribution in [0.5, 0.6) is 0 Å². The highest BCUT2D eigenvalue weighted by Gasteiger charge is 2.38. The van der Waals surface area contributed by atoms with E-state index in [1.54, 1.807) is 0 Å². The van der Waals surface area contributed by atoms with Crippen LogP contribution >= 0.6 is 7.37 Å². The lowest BCUT2D eigenvalue weighted by atomic mass is 9.96. The third-order valence-electron chi connectivity index (χ3n) is 8.05. The smallest absolute Gasteiger partial charge is 0.410 e. The minimum absolute atomic E-state index is 0.00396. The first kappa shape index (κ1) is 40.7. The molecule has 14 heteroatoms. The molecule has 5 amide bonds. The quantitative estimate of drug-likeness (QED) is 0.145. The number of ether oxygens (including phenoxy) is 1. The average molecular weight is 694 g/mol. The molecule has 0 bridgehead atoms. The molecule has 48 heavy (non-hydrogen) atoms. The fourth-order valence-electron chi connectivity index (χ4n) is 5.76. The van der Waals surface area contributed by atoms with Crippen molar-refractivity contribution in [3.63, 3.8) is 0 Å². The van der Waals surface area contributed by atoms with Gasteiger partial charge in [-0.2, -0.15) is 0 Å². The first-order valence-electron chi connectivity index (χ1n) is 16.9. The molecule has 1 heterocycles. The number of amides is 5. The van der Waals surface area contributed by atoms with E-state index in [-0.39, 0.29) is 42.9 Å². The van der Waals surface area contributed by atoms with Crippen molar-refractivity contribution in [2.45, 2.75) is 98.4 Å². The summed E-state index contributed by atoms with van der Waals surface area (Å²) in [4.78, 5) is 77.5. The van der Waals surface area contributed by atoms with Crippen LogP contribution in [0.3, 0.4) is 0 Å². The van der Waals surface area contributed by atoms with Crippen LogP contribution in [-0.4, -0.2) is 83.7 Å². The number of rotatable bonds is 18. The number of hydrogen-bond acceptors (Lipinski definition) is 7. The van der Waals surface area contributed by atoms with Gasteiger partial charge in [0.15, 0.2) is 0 Å². The summed E-state index contributed by atoms with van der Waals surface area (Å²) < 4.78 is 18.8. The van der Waals surface area contributed by atoms with Crippen LogP contribution < -0.4 is 21.3 Å². The predicted octanol–water partition coefficient (Wildman–Crippen LogP) is 3.60. The average Bonchev–Trinajstić information content (AvgIpc) is 3.51. The summed E-state index contributed by atoms with van der Waals surface area (Å²) in [6, 6.07) is 6.59. The van der Waals surface area contributed by atoms with Gasteiger partial charge in [0.25, 0.3) is 0 Å². The number of nitrogens with one attached hydrogen (secondary N) is 4. The van der Waals surface area contributed by atoms with Gasteiger partial charge in [-0.1, -0.05) is 71.9 Å². The SMILES string of the molecule is CNC(=O)[C@H](CC(C)C)NC(=O)C(CC(C)C)CP(=O)(O)CNC(=O)[C@H](CC(C)C)NC(=O)[C@@H]1CCCN1C(=O)OCc1ccccc1. The fourth-order valence-corrected chi connectivity index (χ4v) is 7.30. The lowest BCUT2D eigenvalue weighted by molar-refractivity contribution is -0.131. The number of hydrogen-bond donors (Lipinski definition) is 5. The lowest BCUT2D eigenvalue weighted by Crippen LogP contribution is -2.53. The van der Waals surface area contributed by atoms with Crippen LogP contribution in [0.4, 0.5) is 4.79 Å². The number of likely N-dealkylation sites (N-methyl/N-ethyl adjacent to an activating group) is 1. The van der Waals surface area contributed by atoms with E-state index in [1.807, 2.05) is 71.9 Å². The van der Waals surface area contributed by atoms with Crippen molar-refractivity contribution < 1.29 is 38.2 Å². The second kappa shape index (κ2) is 19.5. The summed E-state index contributed by atoms with van der Waals surface area (Å²) in [7, 11) is -2.59. The van der Waals surface area contributed by atoms with Crippen molar-refractivity contribution in [2.75, 3.05) is 26.0 Å². The molecule has 0 saturated carbocycles. The van der Waals surface area contributed by atoms with Gasteiger partial charge in [-0.3, -0.25) is 28.6 Å². The maximum atomic E-state index is 13.4. The number of carbonyl (C=O) groups excluding carboxylic acids is 5. The molecular formula is C34H56N5O8P. The van der Waals surface area contributed by atoms with Gasteiger partial charge >= 0.3 is 6.09 Å². The Morgan fingerprint density at radius 2 is 1.46 bits per heavy atom. The number of likely N-dealkylation sites (tertiary alicyclic amines) is 1. The van der Waals surface area contributed by atoms with E-state index in [1.165, 1.54) is 11.9 Å². The van der Waals surface area contributed by atoms with Crippen LogP contribution in [0.2, 0.25) is 0 Å². The molecule has 1 saturated heterocycles. The Kier molecular flexibility index (Phi) is 16.6. The molecule has 1 aliphatic rings. The van der Waals surface area contributed by atoms with Gasteiger partial charge in [0.1, 0.15) is 24.7 Å². The van der Waals surface area contributed by atoms with Crippen LogP contribution in [0, 0.1) is 23.7 Å². The van der Waals surface area contributed by atoms with Crippen LogP contribution in [-0.2, 0) is 35.1 Å². The zero-order chi connectivity index (χ0) is 36.0. The van der Waals surface area contributed by atoms with E-state index in [9.17, 15) is 33.4 Å². The maximum Gasteiger partial charge on any atom is 0.410 e. The monoisotopic (exact) mass is 693 g/mol. The summed E-state index contributed by atoms with van der Waals surface area (Å²) in [6.07, 6.45) is 0.382. The molecule has 1 aliphatic heterocycles. The molecule has 1 aromatic rings. The van der Waals surface area contributed by atoms with Gasteiger partial charge in [0, 0.05) is 25.7 Å². The van der Waals surface area contributed by atoms with E-state index in [0.29, 0.717) is 32.2 Å². The van der Waals surface area contributed by atoms with Gasteiger partial charge < -0.3 is 30.9 Å². The van der Waals surface area contributed by atoms with Gasteiger partial charge in [0.05, 0.1) is 6.29 Å². The largest absolute Gasteiger partial charge is 0.445 e. The standard InChI is InChI=1S/C34H56N5O8P/c1-22(2)16-26(30(40)37-27(17-23(3)4)31(41)35-7)20-48(45,46)21-36-32(42)28(18-24(5)6)38-33(43)29-14-11-15-39(29)34(44)47-19-25-12-9-8-10-13-25/h8-10,12-13,22-24,26-29H,11,14-21H2,1-7H3,(H,35,41)(H,36,42)(H,37,40)(H,38,43)(H,45,46)/t26?,27-,28-,29-/m0/s1. The summed E-state index contributed by atoms with van der Waals surface area (Å²) in [5.74, 6) is -2.69. The van der Waals surface area contributed by atoms with E-state index < -0.39 is 61.5 Å². The first-order valence-corrected chi connectivity index (χ1v) is 18.9. The molecule has 0 radical (unpaired) electrons. The molecule has 0 aliphatic carbocycles. The second-order valence-corrected chi connectivity index (χ2v) is 16.3. The Morgan fingerprint density at radius 3 is 2.02 bits per heavy atom. The fraction of sp³-hybridized carbons (Fsp3) is 0.676. The van der Waals surface area contributed by atoms with Crippen molar-refractivity contribution in [2.24, 2.45) is 23.7 Å². The van der Waals surface area contributed by atoms with Gasteiger partial charge in [-0.15, -0.1) is 0 Å². The number of carbonyl (C=O) groups is 5. The van der Waals surface area contributed by atoms with Crippen molar-refractivity contribution in [1.82, 2.24) is 26.2 Å². The van der Waals surface area contributed by atoms with Crippen molar-refractivity contribution in [1.29, 1.82) is 0 Å². The summed E-state index contributed by atoms with van der Waals surface area (Å²) >= 11 is 0. The van der Waals surface area contributed by atoms with E-state index in [0.717, 1.165) is 5.56 Å². The van der Waals surface area contributed by atoms with Gasteiger partial charge in [-0.05, 0) is 55.4 Å². The third kappa shape index (κ3) is 14.0. The summed E-state index contributed by atoms with van der Waals surface area (Å²) in [5.41, 5.74) is 0.816. The molecular weight excluding hydrogens is 637 g/mol. The molecule has 2 rings (SSSR count). The minimum atomic E-state index is -4.07. The highest BCUT2D eigenvalue weighted by Crippen LogP contribution is 2.42. The Bertz CT molecular complexity index is 1280. The minimum Gasteiger partial charge on any atom is -0.445 e. The maximum absolute atomic E-state index is 13.4. The van der Waals surface area contributed by atoms with E-state index in [2.05, 4.69) is 21.3 Å². The first-order chi connectivity index (χ1) is 22.5. The second-order valence-electron chi connectivity index (χ2n) is 13.9. The molecule has 5 atom stereocenters. The molecule has 0 spiro atoms. The molecule has 1 fully saturated rings. The molecule has 13 nitrogen and oxygen atoms in total. The molecule has 1 aromatic carbocycles. The van der Waals surface area contributed by atoms with E-state index >= 15 is 0 Å². The van der Waals surface area contributed by atoms with Crippen LogP contribution in [0.1, 0.15) is 79.2 Å². The highest BCUT2D eigenvalue weighted by atomic mass is 31.2. The molecule has 2 unspecified atom stereocenters. The van der Waals surface area contributed by atoms with Crippen molar-refractivity contribution in [3.8, 4) is 0 Å². The number of benzene rings is 1. The zero-order valence-electron chi connectivity index (χ0n) is 29.5. The van der Waals surface area contributed by atoms with Crippen LogP contribution in [0.25, 0.3) is 0 Å². The van der Waals surface area contributed by atoms with Crippen LogP contribution in [0.15, 0.2) is 30.3 Å². The Morgan fingerprint density at radius 1 is 0.875 bits per heavy atom. The van der Waals surface area contributed by atoms with Crippen molar-refractivity contribution in [3.05, 3.63) is 35.9 Å². The predicted molar refractivity (Wildman–Crippen MR) is 184 cm³/mol. The summed E-state index contributed by atoms with van der Waals surface area (Å²) in [6.45, 7) is 11.8. The zero-order valence-corrected chi connectivity index (χ0v) is 30.4. The molecule has 5 N–H and O–H groups in total. The molecule has 0 aromatic heterocycles. The Balaban J connectivity index is 2.06. The third-order valence-corrected chi connectivity index (χ3v) is 9.72. The Hall–Kier alpha value is -3.44. The highest BCUT2D eigenvalue weighted by molar-refractivity contribution is 7.58. The Labute approximate surface area is 285 Å². The normalized spacial score (nSPS) is 17.7. The topological polar surface area (TPSA) is 183 Å². The number of nitrogens with zero attached hydrogens (tertiary/aromatic N) is 1. The van der Waals surface area contributed by atoms with Gasteiger partial charge in [0.2, 0.25) is 31.0 Å².